The molecule has 1 aromatic carbocycles. The van der Waals surface area contributed by atoms with E-state index in [0.29, 0.717) is 30.6 Å². The number of benzene rings is 1. The van der Waals surface area contributed by atoms with Crippen LogP contribution in [-0.4, -0.2) is 60.3 Å². The molecule has 1 fully saturated rings. The van der Waals surface area contributed by atoms with E-state index >= 15 is 0 Å². The first-order valence-electron chi connectivity index (χ1n) is 13.2. The molecule has 41 heavy (non-hydrogen) atoms. The third kappa shape index (κ3) is 6.33. The van der Waals surface area contributed by atoms with Crippen LogP contribution in [0.25, 0.3) is 27.8 Å². The summed E-state index contributed by atoms with van der Waals surface area (Å²) in [6.45, 7) is 6.56. The smallest absolute Gasteiger partial charge is 0.414 e. The summed E-state index contributed by atoms with van der Waals surface area (Å²) < 4.78 is 18.3. The van der Waals surface area contributed by atoms with Gasteiger partial charge in [0, 0.05) is 42.5 Å². The van der Waals surface area contributed by atoms with Gasteiger partial charge in [0.25, 0.3) is 0 Å². The Hall–Kier alpha value is -4.04. The number of hydrogen-bond donors (Lipinski definition) is 1. The minimum atomic E-state index is -0.630. The van der Waals surface area contributed by atoms with E-state index in [4.69, 9.17) is 24.2 Å². The van der Waals surface area contributed by atoms with Crippen molar-refractivity contribution in [3.05, 3.63) is 72.8 Å². The minimum Gasteiger partial charge on any atom is -0.471 e. The number of para-hydroxylation sites is 1. The Kier molecular flexibility index (Phi) is 7.58. The molecular weight excluding hydrogens is 637 g/mol. The second-order valence-corrected chi connectivity index (χ2v) is 12.5. The van der Waals surface area contributed by atoms with Crippen molar-refractivity contribution < 1.29 is 19.0 Å². The van der Waals surface area contributed by atoms with Crippen molar-refractivity contribution in [1.29, 1.82) is 0 Å². The molecule has 0 spiro atoms. The van der Waals surface area contributed by atoms with Gasteiger partial charge in [-0.05, 0) is 60.7 Å². The summed E-state index contributed by atoms with van der Waals surface area (Å²) in [7, 11) is 0. The molecule has 12 heteroatoms. The molecule has 1 saturated heterocycles. The topological polar surface area (TPSA) is 116 Å². The summed E-state index contributed by atoms with van der Waals surface area (Å²) >= 11 is 2.05. The van der Waals surface area contributed by atoms with Gasteiger partial charge in [-0.3, -0.25) is 9.72 Å². The molecule has 1 aliphatic rings. The zero-order valence-electron chi connectivity index (χ0n) is 22.6. The maximum atomic E-state index is 12.1. The van der Waals surface area contributed by atoms with Gasteiger partial charge in [-0.25, -0.2) is 24.7 Å². The van der Waals surface area contributed by atoms with E-state index in [1.54, 1.807) is 26.1 Å². The fourth-order valence-electron chi connectivity index (χ4n) is 4.54. The number of fused-ring (bicyclic) bond motifs is 2. The van der Waals surface area contributed by atoms with Gasteiger partial charge in [-0.15, -0.1) is 0 Å². The van der Waals surface area contributed by atoms with Crippen molar-refractivity contribution in [2.75, 3.05) is 36.5 Å². The number of hydrogen-bond acceptors (Lipinski definition) is 9. The first-order chi connectivity index (χ1) is 19.8. The van der Waals surface area contributed by atoms with Crippen molar-refractivity contribution in [3.63, 3.8) is 0 Å². The zero-order valence-corrected chi connectivity index (χ0v) is 24.7. The number of amides is 1. The third-order valence-electron chi connectivity index (χ3n) is 6.40. The lowest BCUT2D eigenvalue weighted by atomic mass is 10.2. The maximum Gasteiger partial charge on any atom is 0.414 e. The molecule has 5 heterocycles. The van der Waals surface area contributed by atoms with Crippen LogP contribution in [0.5, 0.6) is 5.88 Å². The van der Waals surface area contributed by atoms with E-state index in [0.717, 1.165) is 46.8 Å². The summed E-state index contributed by atoms with van der Waals surface area (Å²) in [6.07, 6.45) is 4.88. The fraction of sp³-hybridized carbons (Fsp3) is 0.276. The van der Waals surface area contributed by atoms with E-state index in [1.807, 2.05) is 81.8 Å². The van der Waals surface area contributed by atoms with Crippen LogP contribution >= 0.6 is 22.6 Å². The molecule has 0 aliphatic carbocycles. The number of aromatic nitrogens is 5. The van der Waals surface area contributed by atoms with E-state index in [9.17, 15) is 4.79 Å². The quantitative estimate of drug-likeness (QED) is 0.178. The molecule has 6 rings (SSSR count). The Bertz CT molecular complexity index is 1700. The van der Waals surface area contributed by atoms with Gasteiger partial charge in [0.15, 0.2) is 15.1 Å². The van der Waals surface area contributed by atoms with Crippen molar-refractivity contribution in [1.82, 2.24) is 24.3 Å². The zero-order chi connectivity index (χ0) is 28.4. The molecule has 5 aromatic rings. The van der Waals surface area contributed by atoms with Gasteiger partial charge < -0.3 is 19.1 Å². The largest absolute Gasteiger partial charge is 0.471 e. The van der Waals surface area contributed by atoms with Gasteiger partial charge in [0.05, 0.1) is 36.3 Å². The maximum absolute atomic E-state index is 12.1. The average molecular weight is 665 g/mol. The summed E-state index contributed by atoms with van der Waals surface area (Å²) in [5.74, 6) is 1.70. The average Bonchev–Trinajstić information content (AvgIpc) is 3.40. The highest BCUT2D eigenvalue weighted by molar-refractivity contribution is 14.1. The van der Waals surface area contributed by atoms with Crippen LogP contribution in [-0.2, 0) is 16.1 Å². The van der Waals surface area contributed by atoms with Crippen LogP contribution in [0.4, 0.5) is 16.4 Å². The monoisotopic (exact) mass is 665 g/mol. The highest BCUT2D eigenvalue weighted by Crippen LogP contribution is 2.28. The van der Waals surface area contributed by atoms with Crippen molar-refractivity contribution in [2.24, 2.45) is 0 Å². The van der Waals surface area contributed by atoms with Crippen LogP contribution in [0.15, 0.2) is 67.1 Å². The molecule has 0 radical (unpaired) electrons. The van der Waals surface area contributed by atoms with Crippen LogP contribution in [0.3, 0.4) is 0 Å². The second kappa shape index (κ2) is 11.4. The normalized spacial score (nSPS) is 13.9. The first kappa shape index (κ1) is 27.1. The molecule has 0 unspecified atom stereocenters. The predicted octanol–water partition coefficient (Wildman–Crippen LogP) is 5.47. The summed E-state index contributed by atoms with van der Waals surface area (Å²) in [5, 5.41) is 3.72. The van der Waals surface area contributed by atoms with Crippen molar-refractivity contribution in [2.45, 2.75) is 24.1 Å². The standard InChI is InChI=1S/C29H28IN7O4/c1-29(2,30)41-28(38)35-24-9-7-20(15-31-24)23-16-32-26(36-11-13-39-14-12-36)27-33-21(17-37(23)27)18-40-25-10-8-19-5-3-4-6-22(19)34-25/h3-10,15-17H,11-14,18H2,1-2H3,(H,31,35,38). The molecule has 1 aliphatic heterocycles. The van der Waals surface area contributed by atoms with Gasteiger partial charge in [-0.1, -0.05) is 18.2 Å². The van der Waals surface area contributed by atoms with Gasteiger partial charge >= 0.3 is 6.09 Å². The van der Waals surface area contributed by atoms with E-state index in [1.165, 1.54) is 0 Å². The molecule has 4 aromatic heterocycles. The summed E-state index contributed by atoms with van der Waals surface area (Å²) in [6, 6.07) is 15.4. The Morgan fingerprint density at radius 2 is 1.88 bits per heavy atom. The number of imidazole rings is 1. The predicted molar refractivity (Wildman–Crippen MR) is 164 cm³/mol. The van der Waals surface area contributed by atoms with Crippen LogP contribution < -0.4 is 15.0 Å². The molecule has 0 saturated carbocycles. The molecule has 1 amide bonds. The Morgan fingerprint density at radius 1 is 1.05 bits per heavy atom. The lowest BCUT2D eigenvalue weighted by molar-refractivity contribution is 0.121. The van der Waals surface area contributed by atoms with Gasteiger partial charge in [0.2, 0.25) is 5.88 Å². The highest BCUT2D eigenvalue weighted by Gasteiger charge is 2.21. The van der Waals surface area contributed by atoms with Crippen LogP contribution in [0.2, 0.25) is 0 Å². The van der Waals surface area contributed by atoms with Crippen molar-refractivity contribution in [3.8, 4) is 17.1 Å². The molecule has 0 bridgehead atoms. The number of anilines is 2. The molecule has 11 nitrogen and oxygen atoms in total. The van der Waals surface area contributed by atoms with E-state index in [2.05, 4.69) is 20.2 Å². The van der Waals surface area contributed by atoms with Crippen molar-refractivity contribution >= 4 is 56.9 Å². The molecular formula is C29H28IN7O4. The number of morpholine rings is 1. The second-order valence-electron chi connectivity index (χ2n) is 9.93. The number of halogens is 1. The lowest BCUT2D eigenvalue weighted by Crippen LogP contribution is -2.37. The third-order valence-corrected chi connectivity index (χ3v) is 6.62. The van der Waals surface area contributed by atoms with Crippen LogP contribution in [0.1, 0.15) is 19.5 Å². The van der Waals surface area contributed by atoms with E-state index in [-0.39, 0.29) is 6.61 Å². The number of alkyl halides is 1. The number of ether oxygens (including phenoxy) is 3. The summed E-state index contributed by atoms with van der Waals surface area (Å²) in [4.78, 5) is 33.1. The summed E-state index contributed by atoms with van der Waals surface area (Å²) in [5.41, 5.74) is 3.93. The van der Waals surface area contributed by atoms with Gasteiger partial charge in [0.1, 0.15) is 12.4 Å². The number of pyridine rings is 2. The minimum absolute atomic E-state index is 0.241. The number of carbonyl (C=O) groups is 1. The number of nitrogens with zero attached hydrogens (tertiary/aromatic N) is 6. The van der Waals surface area contributed by atoms with Gasteiger partial charge in [-0.2, -0.15) is 0 Å². The Labute approximate surface area is 250 Å². The first-order valence-corrected chi connectivity index (χ1v) is 14.2. The molecule has 0 atom stereocenters. The van der Waals surface area contributed by atoms with Crippen LogP contribution in [0, 0.1) is 0 Å². The number of carbonyl (C=O) groups excluding carboxylic acids is 1. The Balaban J connectivity index is 1.29. The molecule has 1 N–H and O–H groups in total. The lowest BCUT2D eigenvalue weighted by Gasteiger charge is -2.28. The number of nitrogens with one attached hydrogen (secondary N) is 1. The Morgan fingerprint density at radius 3 is 2.66 bits per heavy atom. The van der Waals surface area contributed by atoms with E-state index < -0.39 is 9.70 Å². The number of rotatable bonds is 7. The molecule has 210 valence electrons. The fourth-order valence-corrected chi connectivity index (χ4v) is 4.74. The highest BCUT2D eigenvalue weighted by atomic mass is 127. The SMILES string of the molecule is CC(C)(I)OC(=O)Nc1ccc(-c2cnc(N3CCOCC3)c3nc(COc4ccc5ccccc5n4)cn23)cn1.